The first-order valence-electron chi connectivity index (χ1n) is 10.1. The zero-order valence-corrected chi connectivity index (χ0v) is 18.1. The largest absolute Gasteiger partial charge is 0.480 e. The van der Waals surface area contributed by atoms with Gasteiger partial charge in [-0.15, -0.1) is 0 Å². The molecular weight excluding hydrogens is 396 g/mol. The number of fused-ring (bicyclic) bond motifs is 3. The van der Waals surface area contributed by atoms with Crippen LogP contribution in [0.1, 0.15) is 30.2 Å². The Kier molecular flexibility index (Phi) is 5.60. The summed E-state index contributed by atoms with van der Waals surface area (Å²) in [4.78, 5) is 25.0. The van der Waals surface area contributed by atoms with E-state index < -0.39 is 11.4 Å². The predicted octanol–water partition coefficient (Wildman–Crippen LogP) is 4.53. The fraction of sp³-hybridized carbons (Fsp3) is 0.333. The molecule has 1 aliphatic carbocycles. The first-order chi connectivity index (χ1) is 14.4. The van der Waals surface area contributed by atoms with Crippen molar-refractivity contribution in [3.8, 4) is 0 Å². The van der Waals surface area contributed by atoms with Gasteiger partial charge < -0.3 is 9.67 Å². The van der Waals surface area contributed by atoms with Crippen LogP contribution in [-0.4, -0.2) is 32.1 Å². The van der Waals surface area contributed by atoms with Crippen LogP contribution < -0.4 is 0 Å². The molecule has 1 unspecified atom stereocenters. The molecule has 0 radical (unpaired) electrons. The first kappa shape index (κ1) is 20.5. The molecule has 2 aromatic carbocycles. The topological polar surface area (TPSA) is 62.5 Å². The number of carbonyl (C=O) groups is 2. The average molecular weight is 423 g/mol. The van der Waals surface area contributed by atoms with E-state index >= 15 is 0 Å². The maximum atomic E-state index is 13.6. The summed E-state index contributed by atoms with van der Waals surface area (Å²) in [7, 11) is 0. The minimum absolute atomic E-state index is 0.0501. The highest BCUT2D eigenvalue weighted by Gasteiger charge is 2.41. The summed E-state index contributed by atoms with van der Waals surface area (Å²) >= 11 is 1.46. The van der Waals surface area contributed by atoms with Crippen molar-refractivity contribution in [2.45, 2.75) is 39.3 Å². The number of carbonyl (C=O) groups excluding carboxylic acids is 1. The van der Waals surface area contributed by atoms with Gasteiger partial charge in [0, 0.05) is 22.9 Å². The van der Waals surface area contributed by atoms with Crippen molar-refractivity contribution in [3.63, 3.8) is 0 Å². The smallest absolute Gasteiger partial charge is 0.323 e. The molecule has 156 valence electrons. The molecule has 1 heterocycles. The number of benzene rings is 2. The summed E-state index contributed by atoms with van der Waals surface area (Å²) in [5, 5.41) is 10.5. The Balaban J connectivity index is 1.67. The van der Waals surface area contributed by atoms with E-state index in [1.807, 2.05) is 69.7 Å². The van der Waals surface area contributed by atoms with Crippen molar-refractivity contribution in [1.29, 1.82) is 0 Å². The van der Waals surface area contributed by atoms with E-state index in [1.54, 1.807) is 0 Å². The molecule has 0 saturated carbocycles. The molecule has 0 bridgehead atoms. The molecule has 1 aromatic heterocycles. The lowest BCUT2D eigenvalue weighted by molar-refractivity contribution is -0.138. The number of hydrogen-bond acceptors (Lipinski definition) is 3. The second-order valence-electron chi connectivity index (χ2n) is 8.17. The molecule has 5 nitrogen and oxygen atoms in total. The third-order valence-corrected chi connectivity index (χ3v) is 6.84. The lowest BCUT2D eigenvalue weighted by Crippen LogP contribution is -2.42. The van der Waals surface area contributed by atoms with Crippen LogP contribution in [-0.2, 0) is 35.5 Å². The predicted molar refractivity (Wildman–Crippen MR) is 120 cm³/mol. The quantitative estimate of drug-likeness (QED) is 0.593. The van der Waals surface area contributed by atoms with Crippen molar-refractivity contribution in [2.24, 2.45) is 5.41 Å². The molecule has 6 heteroatoms. The molecule has 0 fully saturated rings. The number of aromatic nitrogens is 1. The van der Waals surface area contributed by atoms with Gasteiger partial charge in [-0.25, -0.2) is 0 Å². The van der Waals surface area contributed by atoms with Gasteiger partial charge in [0.1, 0.15) is 6.54 Å². The van der Waals surface area contributed by atoms with Crippen LogP contribution in [0.3, 0.4) is 0 Å². The minimum Gasteiger partial charge on any atom is -0.480 e. The average Bonchev–Trinajstić information content (AvgIpc) is 3.04. The second kappa shape index (κ2) is 8.19. The van der Waals surface area contributed by atoms with E-state index in [0.717, 1.165) is 27.7 Å². The van der Waals surface area contributed by atoms with Gasteiger partial charge in [-0.1, -0.05) is 67.4 Å². The van der Waals surface area contributed by atoms with Gasteiger partial charge in [-0.2, -0.15) is 0 Å². The van der Waals surface area contributed by atoms with Gasteiger partial charge in [0.2, 0.25) is 5.91 Å². The Bertz CT molecular complexity index is 1090. The van der Waals surface area contributed by atoms with Crippen molar-refractivity contribution in [1.82, 2.24) is 8.87 Å². The minimum atomic E-state index is -0.848. The highest BCUT2D eigenvalue weighted by Crippen LogP contribution is 2.42. The second-order valence-corrected chi connectivity index (χ2v) is 8.98. The van der Waals surface area contributed by atoms with Crippen LogP contribution >= 0.6 is 11.9 Å². The highest BCUT2D eigenvalue weighted by atomic mass is 32.2. The van der Waals surface area contributed by atoms with Crippen molar-refractivity contribution >= 4 is 34.7 Å². The Hall–Kier alpha value is -2.73. The summed E-state index contributed by atoms with van der Waals surface area (Å²) in [5.74, 6) is -0.709. The van der Waals surface area contributed by atoms with Crippen LogP contribution in [0.25, 0.3) is 10.9 Å². The Morgan fingerprint density at radius 3 is 2.53 bits per heavy atom. The molecule has 1 amide bonds. The van der Waals surface area contributed by atoms with Crippen molar-refractivity contribution in [2.75, 3.05) is 6.26 Å². The van der Waals surface area contributed by atoms with E-state index in [2.05, 4.69) is 6.92 Å². The molecular formula is C24H26N2O3S. The third kappa shape index (κ3) is 3.72. The van der Waals surface area contributed by atoms with Crippen molar-refractivity contribution in [3.05, 3.63) is 71.4 Å². The van der Waals surface area contributed by atoms with Crippen LogP contribution in [0.15, 0.2) is 54.6 Å². The zero-order chi connectivity index (χ0) is 21.3. The number of para-hydroxylation sites is 1. The molecule has 3 aromatic rings. The van der Waals surface area contributed by atoms with Crippen LogP contribution in [0, 0.1) is 5.41 Å². The monoisotopic (exact) mass is 422 g/mol. The van der Waals surface area contributed by atoms with E-state index in [-0.39, 0.29) is 12.5 Å². The van der Waals surface area contributed by atoms with Gasteiger partial charge in [-0.3, -0.25) is 13.9 Å². The number of carboxylic acid groups (broad SMARTS) is 1. The highest BCUT2D eigenvalue weighted by molar-refractivity contribution is 7.96. The maximum Gasteiger partial charge on any atom is 0.323 e. The van der Waals surface area contributed by atoms with Gasteiger partial charge in [-0.05, 0) is 36.5 Å². The number of nitrogens with zero attached hydrogens (tertiary/aromatic N) is 2. The van der Waals surface area contributed by atoms with Gasteiger partial charge in [0.15, 0.2) is 0 Å². The number of carboxylic acids is 1. The fourth-order valence-corrected chi connectivity index (χ4v) is 5.22. The zero-order valence-electron chi connectivity index (χ0n) is 17.3. The van der Waals surface area contributed by atoms with Crippen LogP contribution in [0.4, 0.5) is 0 Å². The summed E-state index contributed by atoms with van der Waals surface area (Å²) in [6.07, 6.45) is 3.98. The number of aliphatic carboxylic acids is 1. The lowest BCUT2D eigenvalue weighted by atomic mass is 9.73. The van der Waals surface area contributed by atoms with E-state index in [4.69, 9.17) is 0 Å². The van der Waals surface area contributed by atoms with Crippen LogP contribution in [0.2, 0.25) is 0 Å². The molecule has 0 aliphatic heterocycles. The summed E-state index contributed by atoms with van der Waals surface area (Å²) < 4.78 is 3.77. The Morgan fingerprint density at radius 1 is 1.13 bits per heavy atom. The van der Waals surface area contributed by atoms with Gasteiger partial charge in [0.25, 0.3) is 0 Å². The lowest BCUT2D eigenvalue weighted by Gasteiger charge is -2.36. The Morgan fingerprint density at radius 2 is 1.83 bits per heavy atom. The molecule has 1 aliphatic rings. The summed E-state index contributed by atoms with van der Waals surface area (Å²) in [6.45, 7) is 2.57. The SMILES string of the molecule is CSN(Cc1ccccc1)C(=O)C1(C)CCc2c(c3ccccc3n2CC(=O)O)C1. The van der Waals surface area contributed by atoms with Gasteiger partial charge >= 0.3 is 5.97 Å². The molecule has 1 N–H and O–H groups in total. The normalized spacial score (nSPS) is 18.2. The van der Waals surface area contributed by atoms with Crippen LogP contribution in [0.5, 0.6) is 0 Å². The van der Waals surface area contributed by atoms with E-state index in [9.17, 15) is 14.7 Å². The molecule has 4 rings (SSSR count). The molecule has 0 spiro atoms. The van der Waals surface area contributed by atoms with Gasteiger partial charge in [0.05, 0.1) is 12.0 Å². The Labute approximate surface area is 180 Å². The number of hydrogen-bond donors (Lipinski definition) is 1. The molecule has 30 heavy (non-hydrogen) atoms. The number of rotatable bonds is 6. The maximum absolute atomic E-state index is 13.6. The standard InChI is InChI=1S/C24H26N2O3S/c1-24(23(29)26(30-2)15-17-8-4-3-5-9-17)13-12-21-19(14-24)18-10-6-7-11-20(18)25(21)16-22(27)28/h3-11H,12-16H2,1-2H3,(H,27,28). The summed E-state index contributed by atoms with van der Waals surface area (Å²) in [6, 6.07) is 18.0. The fourth-order valence-electron chi connectivity index (χ4n) is 4.55. The van der Waals surface area contributed by atoms with E-state index in [1.165, 1.54) is 11.9 Å². The summed E-state index contributed by atoms with van der Waals surface area (Å²) in [5.41, 5.74) is 3.71. The molecule has 0 saturated heterocycles. The van der Waals surface area contributed by atoms with Crippen molar-refractivity contribution < 1.29 is 14.7 Å². The number of amides is 1. The first-order valence-corrected chi connectivity index (χ1v) is 11.3. The third-order valence-electron chi connectivity index (χ3n) is 6.10. The molecule has 1 atom stereocenters. The van der Waals surface area contributed by atoms with E-state index in [0.29, 0.717) is 25.8 Å².